The smallest absolute Gasteiger partial charge is 0.311 e. The topological polar surface area (TPSA) is 66.4 Å². The quantitative estimate of drug-likeness (QED) is 0.789. The van der Waals surface area contributed by atoms with Crippen LogP contribution in [0, 0.1) is 0 Å². The molecule has 1 aromatic carbocycles. The molecule has 86 valence electrons. The maximum atomic E-state index is 11.4. The van der Waals surface area contributed by atoms with Crippen molar-refractivity contribution in [1.29, 1.82) is 0 Å². The molecule has 0 saturated heterocycles. The van der Waals surface area contributed by atoms with Crippen molar-refractivity contribution in [2.45, 2.75) is 19.3 Å². The Morgan fingerprint density at radius 1 is 1.31 bits per heavy atom. The minimum atomic E-state index is -0.975. The largest absolute Gasteiger partial charge is 0.481 e. The number of nitrogens with one attached hydrogen (secondary N) is 1. The molecule has 0 heterocycles. The monoisotopic (exact) mass is 221 g/mol. The lowest BCUT2D eigenvalue weighted by Gasteiger charge is -2.11. The van der Waals surface area contributed by atoms with Gasteiger partial charge in [0.1, 0.15) is 0 Å². The standard InChI is InChI=1S/C12H15NO3/c1-2-13-11(14)8-10(12(15)16)9-6-4-3-5-7-9/h3-7,10H,2,8H2,1H3,(H,13,14)(H,15,16). The molecule has 0 saturated carbocycles. The molecule has 16 heavy (non-hydrogen) atoms. The third kappa shape index (κ3) is 3.38. The fourth-order valence-corrected chi connectivity index (χ4v) is 1.49. The van der Waals surface area contributed by atoms with E-state index in [9.17, 15) is 9.59 Å². The number of amides is 1. The molecule has 0 spiro atoms. The van der Waals surface area contributed by atoms with Crippen molar-refractivity contribution in [3.8, 4) is 0 Å². The summed E-state index contributed by atoms with van der Waals surface area (Å²) in [6.07, 6.45) is -0.0206. The zero-order chi connectivity index (χ0) is 12.0. The molecule has 0 fully saturated rings. The number of aliphatic carboxylic acids is 1. The summed E-state index contributed by atoms with van der Waals surface area (Å²) in [6.45, 7) is 2.32. The van der Waals surface area contributed by atoms with Crippen LogP contribution in [0.5, 0.6) is 0 Å². The van der Waals surface area contributed by atoms with Crippen LogP contribution in [0.2, 0.25) is 0 Å². The summed E-state index contributed by atoms with van der Waals surface area (Å²) < 4.78 is 0. The van der Waals surface area contributed by atoms with Crippen molar-refractivity contribution in [1.82, 2.24) is 5.32 Å². The van der Waals surface area contributed by atoms with Crippen molar-refractivity contribution in [2.75, 3.05) is 6.54 Å². The average Bonchev–Trinajstić information content (AvgIpc) is 2.27. The van der Waals surface area contributed by atoms with Crippen LogP contribution in [-0.2, 0) is 9.59 Å². The number of carboxylic acid groups (broad SMARTS) is 1. The van der Waals surface area contributed by atoms with E-state index in [1.54, 1.807) is 31.2 Å². The molecule has 0 aliphatic heterocycles. The van der Waals surface area contributed by atoms with Gasteiger partial charge in [-0.1, -0.05) is 30.3 Å². The van der Waals surface area contributed by atoms with Crippen molar-refractivity contribution in [3.05, 3.63) is 35.9 Å². The van der Waals surface area contributed by atoms with Gasteiger partial charge in [0.05, 0.1) is 5.92 Å². The van der Waals surface area contributed by atoms with Crippen LogP contribution in [0.3, 0.4) is 0 Å². The van der Waals surface area contributed by atoms with Crippen molar-refractivity contribution >= 4 is 11.9 Å². The molecule has 1 amide bonds. The van der Waals surface area contributed by atoms with E-state index < -0.39 is 11.9 Å². The second-order valence-electron chi connectivity index (χ2n) is 3.46. The fraction of sp³-hybridized carbons (Fsp3) is 0.333. The van der Waals surface area contributed by atoms with Gasteiger partial charge in [0.2, 0.25) is 5.91 Å². The van der Waals surface area contributed by atoms with Crippen LogP contribution in [0.15, 0.2) is 30.3 Å². The van der Waals surface area contributed by atoms with Crippen LogP contribution in [-0.4, -0.2) is 23.5 Å². The van der Waals surface area contributed by atoms with Gasteiger partial charge in [-0.25, -0.2) is 0 Å². The lowest BCUT2D eigenvalue weighted by atomic mass is 9.95. The molecule has 1 aromatic rings. The molecule has 0 aromatic heterocycles. The third-order valence-electron chi connectivity index (χ3n) is 2.26. The van der Waals surface area contributed by atoms with Crippen LogP contribution < -0.4 is 5.32 Å². The minimum Gasteiger partial charge on any atom is -0.481 e. The molecule has 1 atom stereocenters. The maximum Gasteiger partial charge on any atom is 0.311 e. The van der Waals surface area contributed by atoms with Gasteiger partial charge < -0.3 is 10.4 Å². The lowest BCUT2D eigenvalue weighted by Crippen LogP contribution is -2.27. The van der Waals surface area contributed by atoms with Crippen LogP contribution >= 0.6 is 0 Å². The van der Waals surface area contributed by atoms with E-state index in [0.717, 1.165) is 0 Å². The second kappa shape index (κ2) is 5.90. The molecule has 0 radical (unpaired) electrons. The highest BCUT2D eigenvalue weighted by Gasteiger charge is 2.22. The first-order valence-electron chi connectivity index (χ1n) is 5.19. The molecule has 0 aliphatic rings. The van der Waals surface area contributed by atoms with Gasteiger partial charge in [0.15, 0.2) is 0 Å². The molecule has 1 rings (SSSR count). The number of benzene rings is 1. The second-order valence-corrected chi connectivity index (χ2v) is 3.46. The van der Waals surface area contributed by atoms with E-state index in [4.69, 9.17) is 5.11 Å². The molecule has 1 unspecified atom stereocenters. The summed E-state index contributed by atoms with van der Waals surface area (Å²) in [5.41, 5.74) is 0.654. The first kappa shape index (κ1) is 12.2. The lowest BCUT2D eigenvalue weighted by molar-refractivity contribution is -0.140. The molecular formula is C12H15NO3. The highest BCUT2D eigenvalue weighted by atomic mass is 16.4. The number of hydrogen-bond acceptors (Lipinski definition) is 2. The Hall–Kier alpha value is -1.84. The molecular weight excluding hydrogens is 206 g/mol. The highest BCUT2D eigenvalue weighted by molar-refractivity contribution is 5.85. The summed E-state index contributed by atoms with van der Waals surface area (Å²) in [5, 5.41) is 11.7. The van der Waals surface area contributed by atoms with E-state index in [1.807, 2.05) is 6.07 Å². The zero-order valence-electron chi connectivity index (χ0n) is 9.14. The van der Waals surface area contributed by atoms with E-state index in [0.29, 0.717) is 12.1 Å². The van der Waals surface area contributed by atoms with Gasteiger partial charge in [-0.3, -0.25) is 9.59 Å². The Labute approximate surface area is 94.3 Å². The van der Waals surface area contributed by atoms with Crippen molar-refractivity contribution in [3.63, 3.8) is 0 Å². The average molecular weight is 221 g/mol. The van der Waals surface area contributed by atoms with Gasteiger partial charge >= 0.3 is 5.97 Å². The Kier molecular flexibility index (Phi) is 4.51. The van der Waals surface area contributed by atoms with Gasteiger partial charge in [0.25, 0.3) is 0 Å². The summed E-state index contributed by atoms with van der Waals surface area (Å²) in [7, 11) is 0. The summed E-state index contributed by atoms with van der Waals surface area (Å²) in [6, 6.07) is 8.79. The van der Waals surface area contributed by atoms with Crippen LogP contribution in [0.1, 0.15) is 24.8 Å². The first-order chi connectivity index (χ1) is 7.65. The van der Waals surface area contributed by atoms with E-state index in [2.05, 4.69) is 5.32 Å². The number of hydrogen-bond donors (Lipinski definition) is 2. The predicted octanol–water partition coefficient (Wildman–Crippen LogP) is 1.38. The SMILES string of the molecule is CCNC(=O)CC(C(=O)O)c1ccccc1. The van der Waals surface area contributed by atoms with Gasteiger partial charge in [-0.2, -0.15) is 0 Å². The zero-order valence-corrected chi connectivity index (χ0v) is 9.14. The van der Waals surface area contributed by atoms with Crippen LogP contribution in [0.25, 0.3) is 0 Å². The van der Waals surface area contributed by atoms with Gasteiger partial charge in [-0.05, 0) is 12.5 Å². The molecule has 4 heteroatoms. The number of carbonyl (C=O) groups is 2. The summed E-state index contributed by atoms with van der Waals surface area (Å²) in [5.74, 6) is -1.98. The normalized spacial score (nSPS) is 11.8. The number of rotatable bonds is 5. The first-order valence-corrected chi connectivity index (χ1v) is 5.19. The minimum absolute atomic E-state index is 0.0206. The number of carboxylic acids is 1. The molecule has 4 nitrogen and oxygen atoms in total. The third-order valence-corrected chi connectivity index (χ3v) is 2.26. The Morgan fingerprint density at radius 3 is 2.44 bits per heavy atom. The fourth-order valence-electron chi connectivity index (χ4n) is 1.49. The maximum absolute atomic E-state index is 11.4. The van der Waals surface area contributed by atoms with Gasteiger partial charge in [0, 0.05) is 13.0 Å². The Bertz CT molecular complexity index is 362. The molecule has 0 aliphatic carbocycles. The Balaban J connectivity index is 2.77. The van der Waals surface area contributed by atoms with Gasteiger partial charge in [-0.15, -0.1) is 0 Å². The van der Waals surface area contributed by atoms with E-state index >= 15 is 0 Å². The van der Waals surface area contributed by atoms with Crippen LogP contribution in [0.4, 0.5) is 0 Å². The molecule has 0 bridgehead atoms. The predicted molar refractivity (Wildman–Crippen MR) is 60.1 cm³/mol. The van der Waals surface area contributed by atoms with E-state index in [1.165, 1.54) is 0 Å². The van der Waals surface area contributed by atoms with Crippen molar-refractivity contribution < 1.29 is 14.7 Å². The number of carbonyl (C=O) groups excluding carboxylic acids is 1. The van der Waals surface area contributed by atoms with E-state index in [-0.39, 0.29) is 12.3 Å². The van der Waals surface area contributed by atoms with Crippen molar-refractivity contribution in [2.24, 2.45) is 0 Å². The summed E-state index contributed by atoms with van der Waals surface area (Å²) in [4.78, 5) is 22.4. The Morgan fingerprint density at radius 2 is 1.94 bits per heavy atom. The summed E-state index contributed by atoms with van der Waals surface area (Å²) >= 11 is 0. The highest BCUT2D eigenvalue weighted by Crippen LogP contribution is 2.19. The molecule has 2 N–H and O–H groups in total.